The first-order valence-corrected chi connectivity index (χ1v) is 8.17. The number of nitrogens with zero attached hydrogens (tertiary/aromatic N) is 1. The lowest BCUT2D eigenvalue weighted by Crippen LogP contribution is -2.50. The number of carbonyl (C=O) groups is 2. The average molecular weight is 362 g/mol. The SMILES string of the molecule is NC(=O)C1Cc2ccccc2CN1CC(=O)Nc1cc(Cl)ccc1F. The molecule has 2 amide bonds. The van der Waals surface area contributed by atoms with Crippen LogP contribution >= 0.6 is 11.6 Å². The summed E-state index contributed by atoms with van der Waals surface area (Å²) in [5, 5.41) is 2.81. The fourth-order valence-electron chi connectivity index (χ4n) is 2.99. The summed E-state index contributed by atoms with van der Waals surface area (Å²) in [6.45, 7) is 0.350. The van der Waals surface area contributed by atoms with Crippen LogP contribution in [0, 0.1) is 5.82 Å². The molecule has 0 aliphatic carbocycles. The van der Waals surface area contributed by atoms with Gasteiger partial charge in [0.2, 0.25) is 11.8 Å². The minimum Gasteiger partial charge on any atom is -0.368 e. The second-order valence-electron chi connectivity index (χ2n) is 5.97. The second kappa shape index (κ2) is 7.21. The quantitative estimate of drug-likeness (QED) is 0.877. The summed E-state index contributed by atoms with van der Waals surface area (Å²) in [5.41, 5.74) is 7.59. The van der Waals surface area contributed by atoms with Gasteiger partial charge in [-0.25, -0.2) is 4.39 Å². The summed E-state index contributed by atoms with van der Waals surface area (Å²) < 4.78 is 13.7. The van der Waals surface area contributed by atoms with E-state index in [0.29, 0.717) is 18.0 Å². The number of rotatable bonds is 4. The number of fused-ring (bicyclic) bond motifs is 1. The third kappa shape index (κ3) is 3.97. The second-order valence-corrected chi connectivity index (χ2v) is 6.40. The lowest BCUT2D eigenvalue weighted by molar-refractivity contribution is -0.125. The van der Waals surface area contributed by atoms with E-state index in [9.17, 15) is 14.0 Å². The number of anilines is 1. The maximum Gasteiger partial charge on any atom is 0.238 e. The summed E-state index contributed by atoms with van der Waals surface area (Å²) in [4.78, 5) is 25.8. The average Bonchev–Trinajstić information content (AvgIpc) is 2.57. The van der Waals surface area contributed by atoms with Crippen LogP contribution < -0.4 is 11.1 Å². The van der Waals surface area contributed by atoms with Crippen molar-refractivity contribution in [3.63, 3.8) is 0 Å². The van der Waals surface area contributed by atoms with Crippen molar-refractivity contribution >= 4 is 29.1 Å². The molecule has 0 radical (unpaired) electrons. The van der Waals surface area contributed by atoms with Gasteiger partial charge in [0.25, 0.3) is 0 Å². The van der Waals surface area contributed by atoms with Gasteiger partial charge in [0, 0.05) is 11.6 Å². The van der Waals surface area contributed by atoms with Crippen LogP contribution in [0.15, 0.2) is 42.5 Å². The predicted octanol–water partition coefficient (Wildman–Crippen LogP) is 2.33. The molecule has 0 bridgehead atoms. The van der Waals surface area contributed by atoms with Crippen molar-refractivity contribution in [2.24, 2.45) is 5.73 Å². The van der Waals surface area contributed by atoms with E-state index in [1.807, 2.05) is 24.3 Å². The van der Waals surface area contributed by atoms with Crippen molar-refractivity contribution in [3.8, 4) is 0 Å². The minimum atomic E-state index is -0.579. The van der Waals surface area contributed by atoms with Gasteiger partial charge in [-0.05, 0) is 35.7 Å². The van der Waals surface area contributed by atoms with Crippen molar-refractivity contribution in [2.45, 2.75) is 19.0 Å². The van der Waals surface area contributed by atoms with Crippen LogP contribution in [0.1, 0.15) is 11.1 Å². The van der Waals surface area contributed by atoms with Crippen LogP contribution in [0.25, 0.3) is 0 Å². The predicted molar refractivity (Wildman–Crippen MR) is 93.6 cm³/mol. The first-order valence-electron chi connectivity index (χ1n) is 7.79. The van der Waals surface area contributed by atoms with E-state index in [0.717, 1.165) is 11.1 Å². The fraction of sp³-hybridized carbons (Fsp3) is 0.222. The van der Waals surface area contributed by atoms with Gasteiger partial charge in [0.15, 0.2) is 0 Å². The standard InChI is InChI=1S/C18H17ClFN3O2/c19-13-5-6-14(20)15(8-13)22-17(24)10-23-9-12-4-2-1-3-11(12)7-16(23)18(21)25/h1-6,8,16H,7,9-10H2,(H2,21,25)(H,22,24). The van der Waals surface area contributed by atoms with E-state index < -0.39 is 23.7 Å². The molecule has 2 aromatic carbocycles. The van der Waals surface area contributed by atoms with Gasteiger partial charge in [-0.1, -0.05) is 35.9 Å². The molecule has 1 aliphatic rings. The smallest absolute Gasteiger partial charge is 0.238 e. The maximum atomic E-state index is 13.7. The van der Waals surface area contributed by atoms with Gasteiger partial charge in [-0.15, -0.1) is 0 Å². The van der Waals surface area contributed by atoms with E-state index in [2.05, 4.69) is 5.32 Å². The van der Waals surface area contributed by atoms with Crippen molar-refractivity contribution < 1.29 is 14.0 Å². The molecule has 1 heterocycles. The third-order valence-corrected chi connectivity index (χ3v) is 4.46. The highest BCUT2D eigenvalue weighted by Gasteiger charge is 2.31. The summed E-state index contributed by atoms with van der Waals surface area (Å²) in [7, 11) is 0. The first-order chi connectivity index (χ1) is 11.9. The molecule has 130 valence electrons. The summed E-state index contributed by atoms with van der Waals surface area (Å²) in [6.07, 6.45) is 0.449. The lowest BCUT2D eigenvalue weighted by Gasteiger charge is -2.34. The Balaban J connectivity index is 1.75. The van der Waals surface area contributed by atoms with Crippen LogP contribution in [0.5, 0.6) is 0 Å². The highest BCUT2D eigenvalue weighted by Crippen LogP contribution is 2.24. The molecule has 0 fully saturated rings. The number of hydrogen-bond acceptors (Lipinski definition) is 3. The van der Waals surface area contributed by atoms with Crippen molar-refractivity contribution in [1.82, 2.24) is 4.90 Å². The number of nitrogens with two attached hydrogens (primary N) is 1. The zero-order valence-corrected chi connectivity index (χ0v) is 14.1. The molecule has 0 saturated carbocycles. The highest BCUT2D eigenvalue weighted by atomic mass is 35.5. The molecule has 1 aliphatic heterocycles. The molecule has 3 rings (SSSR count). The van der Waals surface area contributed by atoms with E-state index in [1.54, 1.807) is 4.90 Å². The van der Waals surface area contributed by atoms with Gasteiger partial charge >= 0.3 is 0 Å². The molecule has 0 aromatic heterocycles. The van der Waals surface area contributed by atoms with Gasteiger partial charge in [-0.2, -0.15) is 0 Å². The van der Waals surface area contributed by atoms with Gasteiger partial charge in [0.05, 0.1) is 18.3 Å². The molecule has 0 saturated heterocycles. The number of amides is 2. The Hall–Kier alpha value is -2.44. The molecule has 0 spiro atoms. The fourth-order valence-corrected chi connectivity index (χ4v) is 3.16. The van der Waals surface area contributed by atoms with E-state index in [-0.39, 0.29) is 12.2 Å². The monoisotopic (exact) mass is 361 g/mol. The Kier molecular flexibility index (Phi) is 5.01. The Labute approximate surface area is 149 Å². The zero-order chi connectivity index (χ0) is 18.0. The van der Waals surface area contributed by atoms with Crippen molar-refractivity contribution in [1.29, 1.82) is 0 Å². The molecule has 3 N–H and O–H groups in total. The van der Waals surface area contributed by atoms with Gasteiger partial charge in [0.1, 0.15) is 5.82 Å². The van der Waals surface area contributed by atoms with Crippen LogP contribution in [0.2, 0.25) is 5.02 Å². The topological polar surface area (TPSA) is 75.4 Å². The highest BCUT2D eigenvalue weighted by molar-refractivity contribution is 6.30. The van der Waals surface area contributed by atoms with E-state index >= 15 is 0 Å². The van der Waals surface area contributed by atoms with Gasteiger partial charge < -0.3 is 11.1 Å². The van der Waals surface area contributed by atoms with Crippen molar-refractivity contribution in [3.05, 3.63) is 64.4 Å². The molecule has 1 atom stereocenters. The molecule has 2 aromatic rings. The summed E-state index contributed by atoms with van der Waals surface area (Å²) in [5.74, 6) is -1.50. The molecular weight excluding hydrogens is 345 g/mol. The van der Waals surface area contributed by atoms with Crippen LogP contribution in [-0.4, -0.2) is 29.3 Å². The Bertz CT molecular complexity index is 828. The Morgan fingerprint density at radius 3 is 2.68 bits per heavy atom. The number of halogens is 2. The number of carbonyl (C=O) groups excluding carboxylic acids is 2. The molecule has 5 nitrogen and oxygen atoms in total. The van der Waals surface area contributed by atoms with Gasteiger partial charge in [-0.3, -0.25) is 14.5 Å². The Morgan fingerprint density at radius 1 is 1.24 bits per heavy atom. The van der Waals surface area contributed by atoms with Crippen molar-refractivity contribution in [2.75, 3.05) is 11.9 Å². The largest absolute Gasteiger partial charge is 0.368 e. The molecule has 7 heteroatoms. The van der Waals surface area contributed by atoms with Crippen LogP contribution in [-0.2, 0) is 22.6 Å². The molecule has 1 unspecified atom stereocenters. The summed E-state index contributed by atoms with van der Waals surface area (Å²) in [6, 6.07) is 11.1. The van der Waals surface area contributed by atoms with E-state index in [4.69, 9.17) is 17.3 Å². The zero-order valence-electron chi connectivity index (χ0n) is 13.3. The lowest BCUT2D eigenvalue weighted by atomic mass is 9.93. The molecule has 25 heavy (non-hydrogen) atoms. The third-order valence-electron chi connectivity index (χ3n) is 4.22. The normalized spacial score (nSPS) is 17.0. The first kappa shape index (κ1) is 17.4. The number of primary amides is 1. The van der Waals surface area contributed by atoms with Crippen LogP contribution in [0.3, 0.4) is 0 Å². The number of hydrogen-bond donors (Lipinski definition) is 2. The molecular formula is C18H17ClFN3O2. The number of benzene rings is 2. The Morgan fingerprint density at radius 2 is 1.96 bits per heavy atom. The summed E-state index contributed by atoms with van der Waals surface area (Å²) >= 11 is 5.82. The number of nitrogens with one attached hydrogen (secondary N) is 1. The van der Waals surface area contributed by atoms with E-state index in [1.165, 1.54) is 18.2 Å². The van der Waals surface area contributed by atoms with Crippen LogP contribution in [0.4, 0.5) is 10.1 Å². The maximum absolute atomic E-state index is 13.7. The minimum absolute atomic E-state index is 0.00512.